The molecule has 0 bridgehead atoms. The second-order valence-corrected chi connectivity index (χ2v) is 9.50. The van der Waals surface area contributed by atoms with Gasteiger partial charge in [0.05, 0.1) is 0 Å². The average Bonchev–Trinajstić information content (AvgIpc) is 2.85. The summed E-state index contributed by atoms with van der Waals surface area (Å²) in [4.78, 5) is -0.233. The fourth-order valence-corrected chi connectivity index (χ4v) is 4.89. The lowest BCUT2D eigenvalue weighted by Crippen LogP contribution is -2.29. The van der Waals surface area contributed by atoms with Crippen LogP contribution in [0.2, 0.25) is 0 Å². The summed E-state index contributed by atoms with van der Waals surface area (Å²) >= 11 is 2.01. The zero-order valence-electron chi connectivity index (χ0n) is 13.3. The first-order valence-electron chi connectivity index (χ1n) is 7.68. The molecular weight excluding hydrogens is 321 g/mol. The highest BCUT2D eigenvalue weighted by molar-refractivity contribution is 7.99. The summed E-state index contributed by atoms with van der Waals surface area (Å²) in [5.41, 5.74) is 0.788. The highest BCUT2D eigenvalue weighted by Gasteiger charge is 2.26. The van der Waals surface area contributed by atoms with E-state index in [9.17, 15) is 12.8 Å². The molecule has 22 heavy (non-hydrogen) atoms. The SMILES string of the molecule is CCS[C@@H]1CC[C@H](N[C@@H](C)c2ccc(S(C)(=O)=O)c(F)c2)C1. The third-order valence-corrected chi connectivity index (χ3v) is 6.49. The van der Waals surface area contributed by atoms with Crippen molar-refractivity contribution >= 4 is 21.6 Å². The van der Waals surface area contributed by atoms with Crippen LogP contribution in [0.25, 0.3) is 0 Å². The van der Waals surface area contributed by atoms with Crippen molar-refractivity contribution in [1.29, 1.82) is 0 Å². The average molecular weight is 346 g/mol. The standard InChI is InChI=1S/C16H24FNO2S2/c1-4-21-14-7-6-13(10-14)18-11(2)12-5-8-16(15(17)9-12)22(3,19)20/h5,8-9,11,13-14,18H,4,6-7,10H2,1-3H3/t11-,13-,14+/m0/s1. The predicted octanol–water partition coefficient (Wildman–Crippen LogP) is 3.55. The van der Waals surface area contributed by atoms with E-state index < -0.39 is 15.7 Å². The second kappa shape index (κ2) is 7.32. The molecule has 1 saturated carbocycles. The van der Waals surface area contributed by atoms with E-state index >= 15 is 0 Å². The highest BCUT2D eigenvalue weighted by Crippen LogP contribution is 2.31. The maximum absolute atomic E-state index is 14.0. The first-order chi connectivity index (χ1) is 10.3. The van der Waals surface area contributed by atoms with E-state index in [1.54, 1.807) is 6.07 Å². The fourth-order valence-electron chi connectivity index (χ4n) is 3.02. The minimum absolute atomic E-state index is 0.0125. The van der Waals surface area contributed by atoms with Crippen molar-refractivity contribution < 1.29 is 12.8 Å². The van der Waals surface area contributed by atoms with Gasteiger partial charge in [0.15, 0.2) is 9.84 Å². The molecule has 0 unspecified atom stereocenters. The first kappa shape index (κ1) is 17.8. The molecule has 0 aliphatic heterocycles. The van der Waals surface area contributed by atoms with E-state index in [4.69, 9.17) is 0 Å². The topological polar surface area (TPSA) is 46.2 Å². The lowest BCUT2D eigenvalue weighted by molar-refractivity contribution is 0.459. The van der Waals surface area contributed by atoms with Crippen LogP contribution in [0.3, 0.4) is 0 Å². The summed E-state index contributed by atoms with van der Waals surface area (Å²) in [5, 5.41) is 4.26. The Morgan fingerprint density at radius 2 is 2.14 bits per heavy atom. The summed E-state index contributed by atoms with van der Waals surface area (Å²) in [6.45, 7) is 4.18. The van der Waals surface area contributed by atoms with Crippen molar-refractivity contribution in [3.8, 4) is 0 Å². The van der Waals surface area contributed by atoms with Crippen molar-refractivity contribution in [3.63, 3.8) is 0 Å². The van der Waals surface area contributed by atoms with E-state index in [2.05, 4.69) is 12.2 Å². The van der Waals surface area contributed by atoms with Crippen LogP contribution in [0.5, 0.6) is 0 Å². The van der Waals surface area contributed by atoms with Gasteiger partial charge in [-0.15, -0.1) is 0 Å². The Hall–Kier alpha value is -0.590. The molecular formula is C16H24FNO2S2. The fraction of sp³-hybridized carbons (Fsp3) is 0.625. The zero-order valence-corrected chi connectivity index (χ0v) is 14.9. The molecule has 1 aromatic carbocycles. The van der Waals surface area contributed by atoms with Gasteiger partial charge in [-0.05, 0) is 49.6 Å². The van der Waals surface area contributed by atoms with Crippen LogP contribution >= 0.6 is 11.8 Å². The molecule has 3 nitrogen and oxygen atoms in total. The smallest absolute Gasteiger partial charge is 0.178 e. The van der Waals surface area contributed by atoms with E-state index in [-0.39, 0.29) is 10.9 Å². The summed E-state index contributed by atoms with van der Waals surface area (Å²) < 4.78 is 36.9. The minimum atomic E-state index is -3.51. The largest absolute Gasteiger partial charge is 0.307 e. The first-order valence-corrected chi connectivity index (χ1v) is 10.6. The molecule has 124 valence electrons. The maximum atomic E-state index is 14.0. The van der Waals surface area contributed by atoms with Crippen molar-refractivity contribution in [2.75, 3.05) is 12.0 Å². The summed E-state index contributed by atoms with van der Waals surface area (Å²) in [5.74, 6) is 0.477. The van der Waals surface area contributed by atoms with Crippen LogP contribution in [0.15, 0.2) is 23.1 Å². The van der Waals surface area contributed by atoms with Gasteiger partial charge < -0.3 is 5.32 Å². The second-order valence-electron chi connectivity index (χ2n) is 5.94. The highest BCUT2D eigenvalue weighted by atomic mass is 32.2. The molecule has 0 aromatic heterocycles. The van der Waals surface area contributed by atoms with Gasteiger partial charge in [0.25, 0.3) is 0 Å². The monoisotopic (exact) mass is 345 g/mol. The van der Waals surface area contributed by atoms with Crippen LogP contribution < -0.4 is 5.32 Å². The Morgan fingerprint density at radius 1 is 1.41 bits per heavy atom. The summed E-state index contributed by atoms with van der Waals surface area (Å²) in [7, 11) is -3.51. The van der Waals surface area contributed by atoms with E-state index in [1.165, 1.54) is 18.6 Å². The van der Waals surface area contributed by atoms with Crippen LogP contribution in [0.4, 0.5) is 4.39 Å². The van der Waals surface area contributed by atoms with Crippen LogP contribution in [0.1, 0.15) is 44.7 Å². The third kappa shape index (κ3) is 4.46. The number of benzene rings is 1. The molecule has 0 radical (unpaired) electrons. The van der Waals surface area contributed by atoms with Gasteiger partial charge >= 0.3 is 0 Å². The van der Waals surface area contributed by atoms with Crippen molar-refractivity contribution in [1.82, 2.24) is 5.32 Å². The lowest BCUT2D eigenvalue weighted by atomic mass is 10.1. The van der Waals surface area contributed by atoms with Gasteiger partial charge in [0.2, 0.25) is 0 Å². The summed E-state index contributed by atoms with van der Waals surface area (Å²) in [6, 6.07) is 4.86. The van der Waals surface area contributed by atoms with Crippen molar-refractivity contribution in [3.05, 3.63) is 29.6 Å². The number of nitrogens with one attached hydrogen (secondary N) is 1. The van der Waals surface area contributed by atoms with Crippen molar-refractivity contribution in [2.24, 2.45) is 0 Å². The normalized spacial score (nSPS) is 23.6. The Balaban J connectivity index is 2.02. The Morgan fingerprint density at radius 3 is 2.73 bits per heavy atom. The van der Waals surface area contributed by atoms with Gasteiger partial charge in [0, 0.05) is 23.6 Å². The maximum Gasteiger partial charge on any atom is 0.178 e. The summed E-state index contributed by atoms with van der Waals surface area (Å²) in [6.07, 6.45) is 4.54. The third-order valence-electron chi connectivity index (χ3n) is 4.13. The van der Waals surface area contributed by atoms with Gasteiger partial charge in [0.1, 0.15) is 10.7 Å². The lowest BCUT2D eigenvalue weighted by Gasteiger charge is -2.20. The van der Waals surface area contributed by atoms with Gasteiger partial charge in [-0.2, -0.15) is 11.8 Å². The Labute approximate surface area is 137 Å². The molecule has 1 aliphatic carbocycles. The van der Waals surface area contributed by atoms with E-state index in [0.717, 1.165) is 35.7 Å². The molecule has 1 N–H and O–H groups in total. The van der Waals surface area contributed by atoms with Crippen LogP contribution in [-0.2, 0) is 9.84 Å². The molecule has 0 amide bonds. The van der Waals surface area contributed by atoms with Gasteiger partial charge in [-0.1, -0.05) is 13.0 Å². The molecule has 0 saturated heterocycles. The van der Waals surface area contributed by atoms with Crippen LogP contribution in [0, 0.1) is 5.82 Å². The number of hydrogen-bond acceptors (Lipinski definition) is 4. The predicted molar refractivity (Wildman–Crippen MR) is 90.6 cm³/mol. The Bertz CT molecular complexity index is 619. The quantitative estimate of drug-likeness (QED) is 0.856. The van der Waals surface area contributed by atoms with Crippen LogP contribution in [-0.4, -0.2) is 31.7 Å². The number of thioether (sulfide) groups is 1. The number of rotatable bonds is 6. The van der Waals surface area contributed by atoms with E-state index in [0.29, 0.717) is 6.04 Å². The number of hydrogen-bond donors (Lipinski definition) is 1. The minimum Gasteiger partial charge on any atom is -0.307 e. The zero-order chi connectivity index (χ0) is 16.3. The molecule has 1 aromatic rings. The Kier molecular flexibility index (Phi) is 5.91. The van der Waals surface area contributed by atoms with Crippen molar-refractivity contribution in [2.45, 2.75) is 55.3 Å². The van der Waals surface area contributed by atoms with E-state index in [1.807, 2.05) is 18.7 Å². The molecule has 1 aliphatic rings. The molecule has 0 heterocycles. The van der Waals surface area contributed by atoms with Gasteiger partial charge in [-0.25, -0.2) is 12.8 Å². The van der Waals surface area contributed by atoms with Gasteiger partial charge in [-0.3, -0.25) is 0 Å². The molecule has 1 fully saturated rings. The molecule has 6 heteroatoms. The number of halogens is 1. The molecule has 2 rings (SSSR count). The molecule has 0 spiro atoms. The number of sulfone groups is 1. The molecule has 3 atom stereocenters.